The molecule has 0 aliphatic carbocycles. The van der Waals surface area contributed by atoms with Crippen molar-refractivity contribution < 1.29 is 19.4 Å². The van der Waals surface area contributed by atoms with Gasteiger partial charge in [0.05, 0.1) is 0 Å². The van der Waals surface area contributed by atoms with E-state index in [9.17, 15) is 9.59 Å². The number of aliphatic carboxylic acids is 1. The number of carbonyl (C=O) groups excluding carboxylic acids is 1. The van der Waals surface area contributed by atoms with Gasteiger partial charge in [-0.1, -0.05) is 0 Å². The van der Waals surface area contributed by atoms with Crippen LogP contribution in [0.15, 0.2) is 0 Å². The molecule has 6 nitrogen and oxygen atoms in total. The molecule has 6 heteroatoms. The lowest BCUT2D eigenvalue weighted by Gasteiger charge is -2.30. The lowest BCUT2D eigenvalue weighted by atomic mass is 10.2. The zero-order chi connectivity index (χ0) is 15.3. The molecule has 20 heavy (non-hydrogen) atoms. The largest absolute Gasteiger partial charge is 0.479 e. The van der Waals surface area contributed by atoms with Gasteiger partial charge in [0.1, 0.15) is 6.10 Å². The summed E-state index contributed by atoms with van der Waals surface area (Å²) in [7, 11) is 0. The summed E-state index contributed by atoms with van der Waals surface area (Å²) in [5.41, 5.74) is 0. The van der Waals surface area contributed by atoms with E-state index < -0.39 is 18.2 Å². The average Bonchev–Trinajstić information content (AvgIpc) is 2.82. The molecule has 1 aliphatic rings. The van der Waals surface area contributed by atoms with Crippen LogP contribution < -0.4 is 5.32 Å². The Morgan fingerprint density at radius 2 is 1.75 bits per heavy atom. The number of nitrogens with zero attached hydrogens (tertiary/aromatic N) is 1. The standard InChI is InChI=1S/C14H26N2O4/c1-9(2)16(10(3)4)8-7-15-13(17)11-5-6-12(20-11)14(18)19/h9-12H,5-8H2,1-4H3,(H,15,17)(H,18,19)/t11-,12+/m0/s1. The van der Waals surface area contributed by atoms with Gasteiger partial charge in [-0.05, 0) is 40.5 Å². The molecule has 1 amide bonds. The third-order valence-electron chi connectivity index (χ3n) is 3.58. The monoisotopic (exact) mass is 286 g/mol. The van der Waals surface area contributed by atoms with Gasteiger partial charge >= 0.3 is 5.97 Å². The first-order chi connectivity index (χ1) is 9.32. The van der Waals surface area contributed by atoms with E-state index in [1.165, 1.54) is 0 Å². The first-order valence-electron chi connectivity index (χ1n) is 7.24. The Hall–Kier alpha value is -1.14. The summed E-state index contributed by atoms with van der Waals surface area (Å²) in [6.07, 6.45) is -0.588. The Balaban J connectivity index is 2.32. The summed E-state index contributed by atoms with van der Waals surface area (Å²) in [5, 5.41) is 11.6. The summed E-state index contributed by atoms with van der Waals surface area (Å²) >= 11 is 0. The van der Waals surface area contributed by atoms with Crippen molar-refractivity contribution in [1.82, 2.24) is 10.2 Å². The van der Waals surface area contributed by atoms with Gasteiger partial charge in [-0.2, -0.15) is 0 Å². The molecule has 0 unspecified atom stereocenters. The first-order valence-corrected chi connectivity index (χ1v) is 7.24. The van der Waals surface area contributed by atoms with Gasteiger partial charge in [-0.15, -0.1) is 0 Å². The van der Waals surface area contributed by atoms with Gasteiger partial charge in [-0.25, -0.2) is 4.79 Å². The Labute approximate surface area is 120 Å². The molecule has 116 valence electrons. The van der Waals surface area contributed by atoms with Crippen LogP contribution in [0.1, 0.15) is 40.5 Å². The number of nitrogens with one attached hydrogen (secondary N) is 1. The van der Waals surface area contributed by atoms with Gasteiger partial charge in [0.2, 0.25) is 5.91 Å². The molecule has 0 radical (unpaired) electrons. The molecular weight excluding hydrogens is 260 g/mol. The molecule has 1 rings (SSSR count). The quantitative estimate of drug-likeness (QED) is 0.725. The Morgan fingerprint density at radius 3 is 2.20 bits per heavy atom. The van der Waals surface area contributed by atoms with Crippen LogP contribution in [0.3, 0.4) is 0 Å². The van der Waals surface area contributed by atoms with E-state index in [2.05, 4.69) is 37.9 Å². The average molecular weight is 286 g/mol. The van der Waals surface area contributed by atoms with Crippen LogP contribution in [0.25, 0.3) is 0 Å². The topological polar surface area (TPSA) is 78.9 Å². The van der Waals surface area contributed by atoms with Crippen LogP contribution >= 0.6 is 0 Å². The zero-order valence-electron chi connectivity index (χ0n) is 12.8. The molecule has 2 N–H and O–H groups in total. The first kappa shape index (κ1) is 16.9. The van der Waals surface area contributed by atoms with Gasteiger partial charge in [0, 0.05) is 25.2 Å². The highest BCUT2D eigenvalue weighted by Crippen LogP contribution is 2.19. The van der Waals surface area contributed by atoms with E-state index in [-0.39, 0.29) is 5.91 Å². The SMILES string of the molecule is CC(C)N(CCNC(=O)[C@@H]1CC[C@H](C(=O)O)O1)C(C)C. The van der Waals surface area contributed by atoms with Gasteiger partial charge in [0.15, 0.2) is 6.10 Å². The number of carboxylic acids is 1. The molecule has 0 aromatic heterocycles. The maximum Gasteiger partial charge on any atom is 0.332 e. The number of ether oxygens (including phenoxy) is 1. The predicted octanol–water partition coefficient (Wildman–Crippen LogP) is 0.854. The molecule has 1 heterocycles. The number of hydrogen-bond donors (Lipinski definition) is 2. The van der Waals surface area contributed by atoms with Crippen molar-refractivity contribution in [2.45, 2.75) is 64.8 Å². The van der Waals surface area contributed by atoms with E-state index in [0.29, 0.717) is 31.5 Å². The van der Waals surface area contributed by atoms with Crippen LogP contribution in [-0.4, -0.2) is 59.3 Å². The molecule has 0 aromatic carbocycles. The summed E-state index contributed by atoms with van der Waals surface area (Å²) in [5.74, 6) is -1.20. The molecule has 0 saturated carbocycles. The van der Waals surface area contributed by atoms with Gasteiger partial charge in [0.25, 0.3) is 0 Å². The molecule has 0 bridgehead atoms. The maximum absolute atomic E-state index is 11.9. The number of carbonyl (C=O) groups is 2. The fourth-order valence-corrected chi connectivity index (χ4v) is 2.55. The minimum absolute atomic E-state index is 0.207. The smallest absolute Gasteiger partial charge is 0.332 e. The second kappa shape index (κ2) is 7.59. The van der Waals surface area contributed by atoms with Crippen LogP contribution in [-0.2, 0) is 14.3 Å². The fourth-order valence-electron chi connectivity index (χ4n) is 2.55. The molecule has 2 atom stereocenters. The van der Waals surface area contributed by atoms with Crippen molar-refractivity contribution in [2.75, 3.05) is 13.1 Å². The van der Waals surface area contributed by atoms with E-state index in [0.717, 1.165) is 6.54 Å². The van der Waals surface area contributed by atoms with Crippen LogP contribution in [0.2, 0.25) is 0 Å². The lowest BCUT2D eigenvalue weighted by Crippen LogP contribution is -2.44. The minimum Gasteiger partial charge on any atom is -0.479 e. The third kappa shape index (κ3) is 4.76. The van der Waals surface area contributed by atoms with Crippen molar-refractivity contribution in [3.63, 3.8) is 0 Å². The molecule has 1 saturated heterocycles. The molecule has 0 aromatic rings. The predicted molar refractivity (Wildman–Crippen MR) is 75.5 cm³/mol. The Bertz CT molecular complexity index is 336. The highest BCUT2D eigenvalue weighted by atomic mass is 16.5. The minimum atomic E-state index is -0.994. The summed E-state index contributed by atoms with van der Waals surface area (Å²) in [4.78, 5) is 24.9. The summed E-state index contributed by atoms with van der Waals surface area (Å²) in [6, 6.07) is 0.844. The Kier molecular flexibility index (Phi) is 6.42. The molecule has 0 spiro atoms. The van der Waals surface area contributed by atoms with E-state index in [1.807, 2.05) is 0 Å². The second-order valence-electron chi connectivity index (χ2n) is 5.75. The third-order valence-corrected chi connectivity index (χ3v) is 3.58. The summed E-state index contributed by atoms with van der Waals surface area (Å²) in [6.45, 7) is 9.82. The normalized spacial score (nSPS) is 22.8. The highest BCUT2D eigenvalue weighted by molar-refractivity contribution is 5.82. The van der Waals surface area contributed by atoms with Crippen molar-refractivity contribution in [3.8, 4) is 0 Å². The highest BCUT2D eigenvalue weighted by Gasteiger charge is 2.34. The lowest BCUT2D eigenvalue weighted by molar-refractivity contribution is -0.151. The van der Waals surface area contributed by atoms with E-state index in [4.69, 9.17) is 9.84 Å². The van der Waals surface area contributed by atoms with E-state index >= 15 is 0 Å². The van der Waals surface area contributed by atoms with Gasteiger partial charge in [-0.3, -0.25) is 9.69 Å². The molecule has 1 aliphatic heterocycles. The van der Waals surface area contributed by atoms with Crippen molar-refractivity contribution >= 4 is 11.9 Å². The molecule has 1 fully saturated rings. The fraction of sp³-hybridized carbons (Fsp3) is 0.857. The van der Waals surface area contributed by atoms with Crippen LogP contribution in [0.5, 0.6) is 0 Å². The number of rotatable bonds is 7. The zero-order valence-corrected chi connectivity index (χ0v) is 12.8. The number of carboxylic acid groups (broad SMARTS) is 1. The van der Waals surface area contributed by atoms with Gasteiger partial charge < -0.3 is 15.2 Å². The molecular formula is C14H26N2O4. The Morgan fingerprint density at radius 1 is 1.20 bits per heavy atom. The number of hydrogen-bond acceptors (Lipinski definition) is 4. The van der Waals surface area contributed by atoms with Crippen molar-refractivity contribution in [2.24, 2.45) is 0 Å². The van der Waals surface area contributed by atoms with E-state index in [1.54, 1.807) is 0 Å². The van der Waals surface area contributed by atoms with Crippen LogP contribution in [0.4, 0.5) is 0 Å². The second-order valence-corrected chi connectivity index (χ2v) is 5.75. The summed E-state index contributed by atoms with van der Waals surface area (Å²) < 4.78 is 5.21. The van der Waals surface area contributed by atoms with Crippen molar-refractivity contribution in [1.29, 1.82) is 0 Å². The maximum atomic E-state index is 11.9. The van der Waals surface area contributed by atoms with Crippen LogP contribution in [0, 0.1) is 0 Å². The van der Waals surface area contributed by atoms with Crippen molar-refractivity contribution in [3.05, 3.63) is 0 Å². The number of amides is 1.